The van der Waals surface area contributed by atoms with Crippen molar-refractivity contribution in [2.75, 3.05) is 13.2 Å². The first kappa shape index (κ1) is 21.7. The lowest BCUT2D eigenvalue weighted by molar-refractivity contribution is -0.150. The number of ether oxygens (including phenoxy) is 1. The highest BCUT2D eigenvalue weighted by atomic mass is 16.5. The number of fused-ring (bicyclic) bond motifs is 1. The van der Waals surface area contributed by atoms with Crippen molar-refractivity contribution >= 4 is 28.6 Å². The number of carbonyl (C=O) groups is 3. The number of aromatic nitrogens is 1. The van der Waals surface area contributed by atoms with Gasteiger partial charge >= 0.3 is 5.97 Å². The van der Waals surface area contributed by atoms with Gasteiger partial charge in [-0.1, -0.05) is 18.2 Å². The lowest BCUT2D eigenvalue weighted by Crippen LogP contribution is -2.54. The molecule has 0 saturated heterocycles. The van der Waals surface area contributed by atoms with Crippen molar-refractivity contribution in [3.63, 3.8) is 0 Å². The smallest absolute Gasteiger partial charge is 0.325 e. The van der Waals surface area contributed by atoms with Crippen molar-refractivity contribution in [1.82, 2.24) is 9.88 Å². The molecule has 1 heterocycles. The van der Waals surface area contributed by atoms with E-state index >= 15 is 0 Å². The maximum absolute atomic E-state index is 13.0. The molecule has 4 aliphatic rings. The van der Waals surface area contributed by atoms with Crippen molar-refractivity contribution < 1.29 is 19.1 Å². The van der Waals surface area contributed by atoms with Crippen LogP contribution in [0.1, 0.15) is 55.3 Å². The van der Waals surface area contributed by atoms with Gasteiger partial charge in [0.25, 0.3) is 0 Å². The minimum atomic E-state index is -0.602. The van der Waals surface area contributed by atoms with Gasteiger partial charge in [-0.25, -0.2) is 0 Å². The number of carbonyl (C=O) groups excluding carboxylic acids is 3. The van der Waals surface area contributed by atoms with Gasteiger partial charge in [-0.2, -0.15) is 5.26 Å². The number of Topliss-reactive ketones (excluding diaryl/α,β-unsaturated/α-hetero) is 1. The first-order valence-electron chi connectivity index (χ1n) is 11.9. The molecule has 7 heteroatoms. The molecule has 4 fully saturated rings. The summed E-state index contributed by atoms with van der Waals surface area (Å²) in [5.41, 5.74) is 1.02. The van der Waals surface area contributed by atoms with Gasteiger partial charge in [0, 0.05) is 34.6 Å². The fraction of sp³-hybridized carbons (Fsp3) is 0.538. The Morgan fingerprint density at radius 3 is 2.42 bits per heavy atom. The minimum absolute atomic E-state index is 0.0227. The van der Waals surface area contributed by atoms with Crippen LogP contribution in [0.5, 0.6) is 0 Å². The fourth-order valence-electron chi connectivity index (χ4n) is 6.83. The van der Waals surface area contributed by atoms with E-state index in [1.165, 1.54) is 19.3 Å². The Morgan fingerprint density at radius 2 is 1.76 bits per heavy atom. The number of hydrogen-bond acceptors (Lipinski definition) is 5. The topological polar surface area (TPSA) is 101 Å². The van der Waals surface area contributed by atoms with Crippen LogP contribution in [0.2, 0.25) is 0 Å². The SMILES string of the molecule is N#CCCn1cc(C(=O)COC(=O)CNC(=O)C23CC4CC(CC(C4)C2)C3)c2ccccc21. The number of nitrogens with one attached hydrogen (secondary N) is 1. The molecule has 4 aliphatic carbocycles. The van der Waals surface area contributed by atoms with Crippen LogP contribution in [0.15, 0.2) is 30.5 Å². The summed E-state index contributed by atoms with van der Waals surface area (Å²) in [4.78, 5) is 38.0. The van der Waals surface area contributed by atoms with Gasteiger partial charge in [0.1, 0.15) is 6.54 Å². The number of amides is 1. The highest BCUT2D eigenvalue weighted by Gasteiger charge is 2.54. The molecule has 0 atom stereocenters. The molecule has 1 aromatic carbocycles. The van der Waals surface area contributed by atoms with Crippen LogP contribution in [0.25, 0.3) is 10.9 Å². The maximum Gasteiger partial charge on any atom is 0.325 e. The van der Waals surface area contributed by atoms with Crippen molar-refractivity contribution in [2.45, 2.75) is 51.5 Å². The second kappa shape index (κ2) is 8.66. The van der Waals surface area contributed by atoms with E-state index in [-0.39, 0.29) is 30.3 Å². The van der Waals surface area contributed by atoms with Crippen molar-refractivity contribution in [2.24, 2.45) is 23.2 Å². The predicted octanol–water partition coefficient (Wildman–Crippen LogP) is 3.61. The number of rotatable bonds is 8. The number of nitriles is 1. The summed E-state index contributed by atoms with van der Waals surface area (Å²) in [6.45, 7) is -0.101. The lowest BCUT2D eigenvalue weighted by atomic mass is 9.49. The number of aryl methyl sites for hydroxylation is 1. The summed E-state index contributed by atoms with van der Waals surface area (Å²) in [6, 6.07) is 9.59. The monoisotopic (exact) mass is 447 g/mol. The summed E-state index contributed by atoms with van der Waals surface area (Å²) in [6.07, 6.45) is 8.63. The fourth-order valence-corrected chi connectivity index (χ4v) is 6.83. The van der Waals surface area contributed by atoms with E-state index in [0.29, 0.717) is 36.3 Å². The minimum Gasteiger partial charge on any atom is -0.456 e. The molecule has 7 nitrogen and oxygen atoms in total. The Morgan fingerprint density at radius 1 is 1.09 bits per heavy atom. The van der Waals surface area contributed by atoms with Crippen LogP contribution in [-0.2, 0) is 20.9 Å². The molecular weight excluding hydrogens is 418 g/mol. The first-order valence-corrected chi connectivity index (χ1v) is 11.9. The number of para-hydroxylation sites is 1. The summed E-state index contributed by atoms with van der Waals surface area (Å²) < 4.78 is 7.08. The molecule has 0 unspecified atom stereocenters. The average Bonchev–Trinajstić information content (AvgIpc) is 3.17. The van der Waals surface area contributed by atoms with E-state index in [9.17, 15) is 14.4 Å². The molecule has 0 radical (unpaired) electrons. The zero-order chi connectivity index (χ0) is 23.0. The van der Waals surface area contributed by atoms with E-state index in [1.807, 2.05) is 28.8 Å². The number of benzene rings is 1. The molecule has 1 N–H and O–H groups in total. The highest BCUT2D eigenvalue weighted by molar-refractivity contribution is 6.09. The average molecular weight is 448 g/mol. The Kier molecular flexibility index (Phi) is 5.69. The van der Waals surface area contributed by atoms with Crippen LogP contribution in [0.4, 0.5) is 0 Å². The predicted molar refractivity (Wildman–Crippen MR) is 121 cm³/mol. The van der Waals surface area contributed by atoms with Gasteiger partial charge in [0.05, 0.1) is 12.5 Å². The standard InChI is InChI=1S/C26H29N3O4/c27-6-3-7-29-15-21(20-4-1-2-5-22(20)29)23(30)16-33-24(31)14-28-25(32)26-11-17-8-18(12-26)10-19(9-17)13-26/h1-2,4-5,15,17-19H,3,7-14,16H2,(H,28,32). The van der Waals surface area contributed by atoms with Gasteiger partial charge in [0.15, 0.2) is 6.61 Å². The normalized spacial score (nSPS) is 27.3. The van der Waals surface area contributed by atoms with Crippen LogP contribution < -0.4 is 5.32 Å². The van der Waals surface area contributed by atoms with E-state index in [4.69, 9.17) is 10.00 Å². The zero-order valence-electron chi connectivity index (χ0n) is 18.7. The van der Waals surface area contributed by atoms with Gasteiger partial charge in [-0.15, -0.1) is 0 Å². The molecule has 1 aromatic heterocycles. The van der Waals surface area contributed by atoms with Crippen molar-refractivity contribution in [3.8, 4) is 6.07 Å². The van der Waals surface area contributed by atoms with Crippen LogP contribution in [0.3, 0.4) is 0 Å². The summed E-state index contributed by atoms with van der Waals surface area (Å²) in [5.74, 6) is 1.04. The molecule has 0 aliphatic heterocycles. The number of ketones is 1. The Hall–Kier alpha value is -3.14. The zero-order valence-corrected chi connectivity index (χ0v) is 18.7. The van der Waals surface area contributed by atoms with E-state index < -0.39 is 5.97 Å². The molecular formula is C26H29N3O4. The van der Waals surface area contributed by atoms with Gasteiger partial charge in [0.2, 0.25) is 11.7 Å². The van der Waals surface area contributed by atoms with Crippen LogP contribution >= 0.6 is 0 Å². The van der Waals surface area contributed by atoms with E-state index in [0.717, 1.165) is 30.2 Å². The van der Waals surface area contributed by atoms with Crippen molar-refractivity contribution in [1.29, 1.82) is 5.26 Å². The number of esters is 1. The van der Waals surface area contributed by atoms with Crippen molar-refractivity contribution in [3.05, 3.63) is 36.0 Å². The second-order valence-corrected chi connectivity index (χ2v) is 10.1. The molecule has 1 amide bonds. The van der Waals surface area contributed by atoms with Gasteiger partial charge < -0.3 is 14.6 Å². The second-order valence-electron chi connectivity index (χ2n) is 10.1. The maximum atomic E-state index is 13.0. The molecule has 172 valence electrons. The number of nitrogens with zero attached hydrogens (tertiary/aromatic N) is 2. The third-order valence-corrected chi connectivity index (χ3v) is 7.83. The highest BCUT2D eigenvalue weighted by Crippen LogP contribution is 2.60. The summed E-state index contributed by atoms with van der Waals surface area (Å²) >= 11 is 0. The Balaban J connectivity index is 1.16. The van der Waals surface area contributed by atoms with Gasteiger partial charge in [-0.05, 0) is 62.3 Å². The van der Waals surface area contributed by atoms with Gasteiger partial charge in [-0.3, -0.25) is 14.4 Å². The van der Waals surface area contributed by atoms with E-state index in [2.05, 4.69) is 11.4 Å². The molecule has 33 heavy (non-hydrogen) atoms. The molecule has 2 aromatic rings. The molecule has 4 bridgehead atoms. The molecule has 4 saturated carbocycles. The third-order valence-electron chi connectivity index (χ3n) is 7.83. The Bertz CT molecular complexity index is 1110. The summed E-state index contributed by atoms with van der Waals surface area (Å²) in [7, 11) is 0. The third kappa shape index (κ3) is 4.15. The van der Waals surface area contributed by atoms with Crippen LogP contribution in [-0.4, -0.2) is 35.4 Å². The number of hydrogen-bond donors (Lipinski definition) is 1. The quantitative estimate of drug-likeness (QED) is 0.492. The largest absolute Gasteiger partial charge is 0.456 e. The first-order chi connectivity index (χ1) is 16.0. The Labute approximate surface area is 193 Å². The van der Waals surface area contributed by atoms with Crippen LogP contribution in [0, 0.1) is 34.5 Å². The van der Waals surface area contributed by atoms with E-state index in [1.54, 1.807) is 6.20 Å². The molecule has 0 spiro atoms. The molecule has 6 rings (SSSR count). The lowest BCUT2D eigenvalue weighted by Gasteiger charge is -2.55. The summed E-state index contributed by atoms with van der Waals surface area (Å²) in [5, 5.41) is 12.4.